The van der Waals surface area contributed by atoms with Crippen LogP contribution in [0.15, 0.2) is 48.7 Å². The van der Waals surface area contributed by atoms with E-state index in [-0.39, 0.29) is 6.04 Å². The summed E-state index contributed by atoms with van der Waals surface area (Å²) in [5.41, 5.74) is 2.20. The Morgan fingerprint density at radius 3 is 2.83 bits per heavy atom. The fourth-order valence-corrected chi connectivity index (χ4v) is 2.40. The van der Waals surface area contributed by atoms with E-state index < -0.39 is 0 Å². The average Bonchev–Trinajstić information content (AvgIpc) is 2.89. The second-order valence-electron chi connectivity index (χ2n) is 4.21. The molecule has 0 amide bonds. The Morgan fingerprint density at radius 2 is 2.06 bits per heavy atom. The molecule has 3 nitrogen and oxygen atoms in total. The molecule has 1 atom stereocenters. The molecule has 1 aromatic carbocycles. The first-order valence-electron chi connectivity index (χ1n) is 5.93. The number of pyridine rings is 1. The van der Waals surface area contributed by atoms with Gasteiger partial charge in [-0.3, -0.25) is 4.84 Å². The summed E-state index contributed by atoms with van der Waals surface area (Å²) < 4.78 is 0. The van der Waals surface area contributed by atoms with E-state index in [0.717, 1.165) is 18.7 Å². The molecular weight excluding hydrogens is 248 g/mol. The van der Waals surface area contributed by atoms with Crippen molar-refractivity contribution < 1.29 is 4.84 Å². The van der Waals surface area contributed by atoms with Crippen LogP contribution in [0.1, 0.15) is 18.0 Å². The van der Waals surface area contributed by atoms with E-state index in [1.165, 1.54) is 5.56 Å². The van der Waals surface area contributed by atoms with Crippen LogP contribution in [0.4, 0.5) is 5.69 Å². The lowest BCUT2D eigenvalue weighted by atomic mass is 10.0. The van der Waals surface area contributed by atoms with E-state index in [2.05, 4.69) is 17.1 Å². The lowest BCUT2D eigenvalue weighted by molar-refractivity contribution is 0.159. The molecule has 0 spiro atoms. The molecule has 0 radical (unpaired) electrons. The number of hydrogen-bond acceptors (Lipinski definition) is 3. The van der Waals surface area contributed by atoms with E-state index in [1.807, 2.05) is 35.4 Å². The zero-order chi connectivity index (χ0) is 12.4. The van der Waals surface area contributed by atoms with Crippen LogP contribution in [0.3, 0.4) is 0 Å². The second kappa shape index (κ2) is 4.96. The number of rotatable bonds is 2. The summed E-state index contributed by atoms with van der Waals surface area (Å²) in [5.74, 6) is 0. The van der Waals surface area contributed by atoms with Crippen molar-refractivity contribution in [3.05, 3.63) is 59.4 Å². The molecule has 4 heteroatoms. The fourth-order valence-electron chi connectivity index (χ4n) is 2.23. The van der Waals surface area contributed by atoms with Crippen LogP contribution < -0.4 is 5.06 Å². The molecule has 1 aromatic heterocycles. The smallest absolute Gasteiger partial charge is 0.131 e. The van der Waals surface area contributed by atoms with E-state index in [9.17, 15) is 0 Å². The lowest BCUT2D eigenvalue weighted by Crippen LogP contribution is -2.21. The highest BCUT2D eigenvalue weighted by Crippen LogP contribution is 2.35. The Morgan fingerprint density at radius 1 is 1.22 bits per heavy atom. The van der Waals surface area contributed by atoms with Gasteiger partial charge in [-0.15, -0.1) is 0 Å². The molecule has 2 heterocycles. The Balaban J connectivity index is 1.92. The van der Waals surface area contributed by atoms with Gasteiger partial charge in [0.25, 0.3) is 0 Å². The predicted octanol–water partition coefficient (Wildman–Crippen LogP) is 3.62. The monoisotopic (exact) mass is 260 g/mol. The summed E-state index contributed by atoms with van der Waals surface area (Å²) in [5, 5.41) is 2.40. The van der Waals surface area contributed by atoms with E-state index in [0.29, 0.717) is 5.15 Å². The van der Waals surface area contributed by atoms with E-state index in [4.69, 9.17) is 16.4 Å². The molecule has 92 valence electrons. The molecule has 2 aromatic rings. The van der Waals surface area contributed by atoms with Crippen molar-refractivity contribution in [2.75, 3.05) is 11.7 Å². The summed E-state index contributed by atoms with van der Waals surface area (Å²) in [4.78, 5) is 9.70. The maximum atomic E-state index is 5.92. The van der Waals surface area contributed by atoms with Gasteiger partial charge in [-0.05, 0) is 11.6 Å². The number of aromatic nitrogens is 1. The largest absolute Gasteiger partial charge is 0.273 e. The van der Waals surface area contributed by atoms with E-state index in [1.54, 1.807) is 6.20 Å². The van der Waals surface area contributed by atoms with Crippen molar-refractivity contribution in [3.63, 3.8) is 0 Å². The maximum absolute atomic E-state index is 5.92. The zero-order valence-corrected chi connectivity index (χ0v) is 10.5. The van der Waals surface area contributed by atoms with Gasteiger partial charge in [0.2, 0.25) is 0 Å². The van der Waals surface area contributed by atoms with Crippen LogP contribution in [0.5, 0.6) is 0 Å². The zero-order valence-electron chi connectivity index (χ0n) is 9.79. The topological polar surface area (TPSA) is 25.4 Å². The van der Waals surface area contributed by atoms with Crippen molar-refractivity contribution in [1.82, 2.24) is 4.98 Å². The average molecular weight is 261 g/mol. The standard InChI is InChI=1S/C14H13ClN2O/c15-14-10-12(6-8-16-14)17-13(7-9-18-17)11-4-2-1-3-5-11/h1-6,8,10,13H,7,9H2/t13-/m1/s1. The number of hydroxylamine groups is 1. The van der Waals surface area contributed by atoms with Crippen molar-refractivity contribution in [1.29, 1.82) is 0 Å². The predicted molar refractivity (Wildman–Crippen MR) is 71.5 cm³/mol. The van der Waals surface area contributed by atoms with Gasteiger partial charge < -0.3 is 0 Å². The SMILES string of the molecule is Clc1cc(N2OCC[C@@H]2c2ccccc2)ccn1. The van der Waals surface area contributed by atoms with Crippen LogP contribution in [0.25, 0.3) is 0 Å². The van der Waals surface area contributed by atoms with Gasteiger partial charge in [-0.1, -0.05) is 41.9 Å². The molecule has 1 aliphatic heterocycles. The summed E-state index contributed by atoms with van der Waals surface area (Å²) in [7, 11) is 0. The summed E-state index contributed by atoms with van der Waals surface area (Å²) in [6.07, 6.45) is 2.67. The third-order valence-corrected chi connectivity index (χ3v) is 3.26. The van der Waals surface area contributed by atoms with Crippen LogP contribution in [-0.4, -0.2) is 11.6 Å². The third kappa shape index (κ3) is 2.19. The Hall–Kier alpha value is -1.58. The molecule has 0 N–H and O–H groups in total. The van der Waals surface area contributed by atoms with Crippen molar-refractivity contribution in [2.45, 2.75) is 12.5 Å². The Labute approximate surface area is 111 Å². The molecule has 18 heavy (non-hydrogen) atoms. The van der Waals surface area contributed by atoms with Gasteiger partial charge >= 0.3 is 0 Å². The number of nitrogens with zero attached hydrogens (tertiary/aromatic N) is 2. The normalized spacial score (nSPS) is 19.2. The Kier molecular flexibility index (Phi) is 3.17. The molecule has 1 saturated heterocycles. The molecule has 0 saturated carbocycles. The number of benzene rings is 1. The number of halogens is 1. The van der Waals surface area contributed by atoms with Gasteiger partial charge in [-0.25, -0.2) is 10.0 Å². The lowest BCUT2D eigenvalue weighted by Gasteiger charge is -2.24. The van der Waals surface area contributed by atoms with Crippen molar-refractivity contribution in [2.24, 2.45) is 0 Å². The van der Waals surface area contributed by atoms with Gasteiger partial charge in [0.1, 0.15) is 5.15 Å². The fraction of sp³-hybridized carbons (Fsp3) is 0.214. The quantitative estimate of drug-likeness (QED) is 0.771. The first-order valence-corrected chi connectivity index (χ1v) is 6.31. The summed E-state index contributed by atoms with van der Waals surface area (Å²) >= 11 is 5.92. The van der Waals surface area contributed by atoms with Gasteiger partial charge in [0.15, 0.2) is 0 Å². The number of anilines is 1. The summed E-state index contributed by atoms with van der Waals surface area (Å²) in [6.45, 7) is 0.722. The molecule has 0 aliphatic carbocycles. The molecule has 0 unspecified atom stereocenters. The van der Waals surface area contributed by atoms with Crippen LogP contribution in [-0.2, 0) is 4.84 Å². The van der Waals surface area contributed by atoms with Gasteiger partial charge in [0.05, 0.1) is 18.3 Å². The molecular formula is C14H13ClN2O. The maximum Gasteiger partial charge on any atom is 0.131 e. The minimum atomic E-state index is 0.240. The summed E-state index contributed by atoms with van der Waals surface area (Å²) in [6, 6.07) is 14.3. The van der Waals surface area contributed by atoms with Crippen LogP contribution in [0, 0.1) is 0 Å². The highest BCUT2D eigenvalue weighted by atomic mass is 35.5. The van der Waals surface area contributed by atoms with Crippen molar-refractivity contribution in [3.8, 4) is 0 Å². The second-order valence-corrected chi connectivity index (χ2v) is 4.60. The van der Waals surface area contributed by atoms with E-state index >= 15 is 0 Å². The minimum Gasteiger partial charge on any atom is -0.273 e. The van der Waals surface area contributed by atoms with Crippen molar-refractivity contribution >= 4 is 17.3 Å². The molecule has 0 bridgehead atoms. The first-order chi connectivity index (χ1) is 8.84. The molecule has 1 aliphatic rings. The molecule has 1 fully saturated rings. The highest BCUT2D eigenvalue weighted by molar-refractivity contribution is 6.29. The minimum absolute atomic E-state index is 0.240. The van der Waals surface area contributed by atoms with Crippen LogP contribution in [0.2, 0.25) is 5.15 Å². The highest BCUT2D eigenvalue weighted by Gasteiger charge is 2.27. The number of hydrogen-bond donors (Lipinski definition) is 0. The van der Waals surface area contributed by atoms with Gasteiger partial charge in [-0.2, -0.15) is 0 Å². The van der Waals surface area contributed by atoms with Gasteiger partial charge in [0, 0.05) is 18.7 Å². The van der Waals surface area contributed by atoms with Crippen LogP contribution >= 0.6 is 11.6 Å². The molecule has 3 rings (SSSR count). The first kappa shape index (κ1) is 11.5. The Bertz CT molecular complexity index is 532. The third-order valence-electron chi connectivity index (χ3n) is 3.05.